The van der Waals surface area contributed by atoms with Gasteiger partial charge in [-0.15, -0.1) is 0 Å². The molecule has 0 heterocycles. The lowest BCUT2D eigenvalue weighted by molar-refractivity contribution is -0.184. The third-order valence-electron chi connectivity index (χ3n) is 4.90. The summed E-state index contributed by atoms with van der Waals surface area (Å²) in [5.41, 5.74) is 0. The molecule has 0 amide bonds. The summed E-state index contributed by atoms with van der Waals surface area (Å²) in [4.78, 5) is 0. The number of nitrogens with one attached hydrogen (secondary N) is 1. The van der Waals surface area contributed by atoms with Crippen molar-refractivity contribution in [3.8, 4) is 0 Å². The van der Waals surface area contributed by atoms with Crippen LogP contribution in [-0.4, -0.2) is 18.8 Å². The second-order valence-electron chi connectivity index (χ2n) is 6.84. The maximum Gasteiger partial charge on any atom is 0.391 e. The molecule has 1 nitrogen and oxygen atoms in total. The molecule has 1 aliphatic rings. The largest absolute Gasteiger partial charge is 0.391 e. The predicted octanol–water partition coefficient (Wildman–Crippen LogP) is 5.55. The highest BCUT2D eigenvalue weighted by Crippen LogP contribution is 2.41. The van der Waals surface area contributed by atoms with E-state index in [0.29, 0.717) is 30.7 Å². The van der Waals surface area contributed by atoms with Crippen LogP contribution in [0.2, 0.25) is 0 Å². The molecule has 2 unspecified atom stereocenters. The van der Waals surface area contributed by atoms with E-state index in [9.17, 15) is 13.2 Å². The van der Waals surface area contributed by atoms with E-state index >= 15 is 0 Å². The Bertz CT molecular complexity index is 270. The number of hydrogen-bond donors (Lipinski definition) is 1. The van der Waals surface area contributed by atoms with Gasteiger partial charge in [0.15, 0.2) is 0 Å². The highest BCUT2D eigenvalue weighted by atomic mass is 19.4. The van der Waals surface area contributed by atoms with Crippen LogP contribution in [-0.2, 0) is 0 Å². The summed E-state index contributed by atoms with van der Waals surface area (Å²) in [6, 6.07) is 0.403. The summed E-state index contributed by atoms with van der Waals surface area (Å²) in [7, 11) is 0. The van der Waals surface area contributed by atoms with Crippen LogP contribution in [0.4, 0.5) is 13.2 Å². The van der Waals surface area contributed by atoms with Gasteiger partial charge in [-0.25, -0.2) is 0 Å². The minimum absolute atomic E-state index is 0.320. The van der Waals surface area contributed by atoms with Gasteiger partial charge in [-0.1, -0.05) is 33.6 Å². The average Bonchev–Trinajstić information content (AvgIpc) is 2.43. The molecule has 4 heteroatoms. The molecule has 0 aromatic carbocycles. The van der Waals surface area contributed by atoms with Crippen molar-refractivity contribution in [2.24, 2.45) is 17.8 Å². The van der Waals surface area contributed by atoms with Crippen molar-refractivity contribution in [3.63, 3.8) is 0 Å². The molecular weight excluding hydrogens is 275 g/mol. The summed E-state index contributed by atoms with van der Waals surface area (Å²) in [6.45, 7) is 7.58. The smallest absolute Gasteiger partial charge is 0.314 e. The zero-order valence-corrected chi connectivity index (χ0v) is 13.8. The third kappa shape index (κ3) is 6.58. The molecule has 21 heavy (non-hydrogen) atoms. The lowest BCUT2D eigenvalue weighted by Crippen LogP contribution is -2.41. The summed E-state index contributed by atoms with van der Waals surface area (Å²) < 4.78 is 38.3. The van der Waals surface area contributed by atoms with Gasteiger partial charge in [0.25, 0.3) is 0 Å². The molecule has 1 N–H and O–H groups in total. The Morgan fingerprint density at radius 2 is 1.67 bits per heavy atom. The topological polar surface area (TPSA) is 12.0 Å². The quantitative estimate of drug-likeness (QED) is 0.620. The number of alkyl halides is 3. The van der Waals surface area contributed by atoms with Crippen LogP contribution >= 0.6 is 0 Å². The molecule has 0 spiro atoms. The highest BCUT2D eigenvalue weighted by molar-refractivity contribution is 4.85. The van der Waals surface area contributed by atoms with Crippen LogP contribution in [0.25, 0.3) is 0 Å². The summed E-state index contributed by atoms with van der Waals surface area (Å²) in [6.07, 6.45) is 2.68. The Kier molecular flexibility index (Phi) is 8.07. The van der Waals surface area contributed by atoms with Crippen LogP contribution in [0.5, 0.6) is 0 Å². The van der Waals surface area contributed by atoms with Gasteiger partial charge in [0, 0.05) is 6.04 Å². The van der Waals surface area contributed by atoms with Crippen molar-refractivity contribution < 1.29 is 13.2 Å². The number of hydrogen-bond acceptors (Lipinski definition) is 1. The van der Waals surface area contributed by atoms with Crippen LogP contribution < -0.4 is 5.32 Å². The second kappa shape index (κ2) is 9.02. The lowest BCUT2D eigenvalue weighted by Gasteiger charge is -2.36. The molecule has 0 aromatic rings. The van der Waals surface area contributed by atoms with Crippen molar-refractivity contribution in [1.82, 2.24) is 5.32 Å². The SMILES string of the molecule is CCCNC(CC(C)CCC)C1CCC(C(F)(F)F)CC1. The Hall–Kier alpha value is -0.250. The van der Waals surface area contributed by atoms with Crippen molar-refractivity contribution in [3.05, 3.63) is 0 Å². The Labute approximate surface area is 128 Å². The van der Waals surface area contributed by atoms with E-state index in [1.165, 1.54) is 12.8 Å². The molecule has 126 valence electrons. The van der Waals surface area contributed by atoms with Gasteiger partial charge < -0.3 is 5.32 Å². The normalized spacial score (nSPS) is 26.6. The van der Waals surface area contributed by atoms with E-state index in [2.05, 4.69) is 26.1 Å². The standard InChI is InChI=1S/C17H32F3N/c1-4-6-13(3)12-16(21-11-5-2)14-7-9-15(10-8-14)17(18,19)20/h13-16,21H,4-12H2,1-3H3. The van der Waals surface area contributed by atoms with Gasteiger partial charge in [-0.2, -0.15) is 13.2 Å². The maximum absolute atomic E-state index is 12.8. The van der Waals surface area contributed by atoms with Gasteiger partial charge in [-0.05, 0) is 56.9 Å². The van der Waals surface area contributed by atoms with Gasteiger partial charge in [0.05, 0.1) is 5.92 Å². The zero-order valence-electron chi connectivity index (χ0n) is 13.8. The molecule has 1 aliphatic carbocycles. The second-order valence-corrected chi connectivity index (χ2v) is 6.84. The third-order valence-corrected chi connectivity index (χ3v) is 4.90. The first-order valence-electron chi connectivity index (χ1n) is 8.68. The summed E-state index contributed by atoms with van der Waals surface area (Å²) in [5, 5.41) is 3.60. The van der Waals surface area contributed by atoms with Crippen molar-refractivity contribution in [1.29, 1.82) is 0 Å². The van der Waals surface area contributed by atoms with E-state index in [4.69, 9.17) is 0 Å². The van der Waals surface area contributed by atoms with Crippen LogP contribution in [0, 0.1) is 17.8 Å². The molecule has 1 rings (SSSR count). The lowest BCUT2D eigenvalue weighted by atomic mass is 9.76. The monoisotopic (exact) mass is 307 g/mol. The fraction of sp³-hybridized carbons (Fsp3) is 1.00. The zero-order chi connectivity index (χ0) is 15.9. The molecule has 1 fully saturated rings. The van der Waals surface area contributed by atoms with E-state index in [1.54, 1.807) is 0 Å². The van der Waals surface area contributed by atoms with E-state index < -0.39 is 12.1 Å². The summed E-state index contributed by atoms with van der Waals surface area (Å²) >= 11 is 0. The Balaban J connectivity index is 2.51. The van der Waals surface area contributed by atoms with Crippen molar-refractivity contribution in [2.45, 2.75) is 84.4 Å². The number of rotatable bonds is 8. The summed E-state index contributed by atoms with van der Waals surface area (Å²) in [5.74, 6) is 0.0211. The predicted molar refractivity (Wildman–Crippen MR) is 82.3 cm³/mol. The Morgan fingerprint density at radius 3 is 2.14 bits per heavy atom. The van der Waals surface area contributed by atoms with Gasteiger partial charge in [-0.3, -0.25) is 0 Å². The highest BCUT2D eigenvalue weighted by Gasteiger charge is 2.42. The fourth-order valence-electron chi connectivity index (χ4n) is 3.67. The van der Waals surface area contributed by atoms with Crippen LogP contribution in [0.1, 0.15) is 72.1 Å². The van der Waals surface area contributed by atoms with Crippen molar-refractivity contribution >= 4 is 0 Å². The van der Waals surface area contributed by atoms with Gasteiger partial charge >= 0.3 is 6.18 Å². The number of halogens is 3. The van der Waals surface area contributed by atoms with Gasteiger partial charge in [0.1, 0.15) is 0 Å². The fourth-order valence-corrected chi connectivity index (χ4v) is 3.67. The first-order chi connectivity index (χ1) is 9.88. The molecular formula is C17H32F3N. The minimum atomic E-state index is -3.99. The van der Waals surface area contributed by atoms with E-state index in [1.807, 2.05) is 0 Å². The molecule has 2 atom stereocenters. The minimum Gasteiger partial charge on any atom is -0.314 e. The average molecular weight is 307 g/mol. The molecule has 0 saturated heterocycles. The van der Waals surface area contributed by atoms with E-state index in [0.717, 1.165) is 32.2 Å². The molecule has 0 aliphatic heterocycles. The Morgan fingerprint density at radius 1 is 1.05 bits per heavy atom. The van der Waals surface area contributed by atoms with E-state index in [-0.39, 0.29) is 0 Å². The molecule has 0 aromatic heterocycles. The van der Waals surface area contributed by atoms with Crippen LogP contribution in [0.3, 0.4) is 0 Å². The molecule has 0 radical (unpaired) electrons. The van der Waals surface area contributed by atoms with Crippen molar-refractivity contribution in [2.75, 3.05) is 6.54 Å². The molecule has 1 saturated carbocycles. The van der Waals surface area contributed by atoms with Crippen LogP contribution in [0.15, 0.2) is 0 Å². The first-order valence-corrected chi connectivity index (χ1v) is 8.68. The van der Waals surface area contributed by atoms with Gasteiger partial charge in [0.2, 0.25) is 0 Å². The molecule has 0 bridgehead atoms. The maximum atomic E-state index is 12.8. The first kappa shape index (κ1) is 18.8.